The molecule has 1 N–H and O–H groups in total. The number of hydrogen-bond donors (Lipinski definition) is 1. The fraction of sp³-hybridized carbons (Fsp3) is 0.294. The number of carbonyl (C=O) groups is 3. The minimum Gasteiger partial charge on any atom is -0.469 e. The number of aromatic nitrogens is 1. The average Bonchev–Trinajstić information content (AvgIpc) is 3.04. The van der Waals surface area contributed by atoms with Crippen molar-refractivity contribution in [3.8, 4) is 0 Å². The second-order valence-electron chi connectivity index (χ2n) is 5.47. The molecule has 0 bridgehead atoms. The smallest absolute Gasteiger partial charge is 0.308 e. The maximum atomic E-state index is 12.4. The van der Waals surface area contributed by atoms with Crippen LogP contribution in [0.15, 0.2) is 34.8 Å². The SMILES string of the molecule is COC(=O)CC1C(=O)NCCN1C(=O)/C=C/c1nc2ccccc2o1. The lowest BCUT2D eigenvalue weighted by molar-refractivity contribution is -0.148. The molecule has 0 radical (unpaired) electrons. The molecule has 1 saturated heterocycles. The van der Waals surface area contributed by atoms with Gasteiger partial charge < -0.3 is 19.4 Å². The Morgan fingerprint density at radius 2 is 2.24 bits per heavy atom. The highest BCUT2D eigenvalue weighted by Crippen LogP contribution is 2.16. The second-order valence-corrected chi connectivity index (χ2v) is 5.47. The van der Waals surface area contributed by atoms with E-state index in [1.54, 1.807) is 12.1 Å². The quantitative estimate of drug-likeness (QED) is 0.649. The van der Waals surface area contributed by atoms with Gasteiger partial charge in [0.2, 0.25) is 17.7 Å². The molecule has 1 atom stereocenters. The molecule has 2 aromatic rings. The van der Waals surface area contributed by atoms with Crippen molar-refractivity contribution in [1.82, 2.24) is 15.2 Å². The molecule has 2 heterocycles. The predicted molar refractivity (Wildman–Crippen MR) is 88.2 cm³/mol. The Balaban J connectivity index is 1.75. The molecule has 1 aromatic carbocycles. The maximum absolute atomic E-state index is 12.4. The third kappa shape index (κ3) is 3.68. The molecule has 0 spiro atoms. The summed E-state index contributed by atoms with van der Waals surface area (Å²) in [7, 11) is 1.24. The number of carbonyl (C=O) groups excluding carboxylic acids is 3. The molecule has 1 aromatic heterocycles. The number of amides is 2. The molecule has 8 nitrogen and oxygen atoms in total. The van der Waals surface area contributed by atoms with Crippen LogP contribution >= 0.6 is 0 Å². The number of nitrogens with zero attached hydrogens (tertiary/aromatic N) is 2. The van der Waals surface area contributed by atoms with E-state index in [-0.39, 0.29) is 12.3 Å². The van der Waals surface area contributed by atoms with E-state index in [1.807, 2.05) is 12.1 Å². The third-order valence-corrected chi connectivity index (χ3v) is 3.88. The zero-order chi connectivity index (χ0) is 17.8. The van der Waals surface area contributed by atoms with Crippen molar-refractivity contribution in [2.45, 2.75) is 12.5 Å². The number of nitrogens with one attached hydrogen (secondary N) is 1. The van der Waals surface area contributed by atoms with Crippen molar-refractivity contribution in [2.24, 2.45) is 0 Å². The molecule has 0 aliphatic carbocycles. The topological polar surface area (TPSA) is 102 Å². The summed E-state index contributed by atoms with van der Waals surface area (Å²) in [5, 5.41) is 2.64. The number of piperazine rings is 1. The van der Waals surface area contributed by atoms with E-state index in [0.29, 0.717) is 30.1 Å². The van der Waals surface area contributed by atoms with E-state index in [9.17, 15) is 14.4 Å². The summed E-state index contributed by atoms with van der Waals surface area (Å²) < 4.78 is 10.1. The Morgan fingerprint density at radius 1 is 1.44 bits per heavy atom. The standard InChI is InChI=1S/C17H17N3O5/c1-24-16(22)10-12-17(23)18-8-9-20(12)15(21)7-6-14-19-11-4-2-3-5-13(11)25-14/h2-7,12H,8-10H2,1H3,(H,18,23)/b7-6+. The van der Waals surface area contributed by atoms with Crippen LogP contribution < -0.4 is 5.32 Å². The van der Waals surface area contributed by atoms with Gasteiger partial charge in [-0.1, -0.05) is 12.1 Å². The summed E-state index contributed by atoms with van der Waals surface area (Å²) >= 11 is 0. The molecule has 1 unspecified atom stereocenters. The van der Waals surface area contributed by atoms with Crippen molar-refractivity contribution in [3.63, 3.8) is 0 Å². The number of methoxy groups -OCH3 is 1. The van der Waals surface area contributed by atoms with E-state index < -0.39 is 17.9 Å². The van der Waals surface area contributed by atoms with Gasteiger partial charge >= 0.3 is 5.97 Å². The number of benzene rings is 1. The lowest BCUT2D eigenvalue weighted by atomic mass is 10.1. The second kappa shape index (κ2) is 7.16. The molecular formula is C17H17N3O5. The van der Waals surface area contributed by atoms with Gasteiger partial charge in [-0.2, -0.15) is 0 Å². The predicted octanol–water partition coefficient (Wildman–Crippen LogP) is 0.731. The van der Waals surface area contributed by atoms with Gasteiger partial charge in [0.25, 0.3) is 0 Å². The Labute approximate surface area is 143 Å². The average molecular weight is 343 g/mol. The van der Waals surface area contributed by atoms with Gasteiger partial charge in [-0.05, 0) is 12.1 Å². The van der Waals surface area contributed by atoms with Gasteiger partial charge in [0.15, 0.2) is 5.58 Å². The van der Waals surface area contributed by atoms with Crippen molar-refractivity contribution in [3.05, 3.63) is 36.2 Å². The maximum Gasteiger partial charge on any atom is 0.308 e. The molecule has 1 aliphatic heterocycles. The lowest BCUT2D eigenvalue weighted by Crippen LogP contribution is -2.57. The molecule has 0 saturated carbocycles. The zero-order valence-corrected chi connectivity index (χ0v) is 13.6. The molecule has 25 heavy (non-hydrogen) atoms. The van der Waals surface area contributed by atoms with Gasteiger partial charge in [0, 0.05) is 25.2 Å². The van der Waals surface area contributed by atoms with E-state index in [2.05, 4.69) is 15.0 Å². The fourth-order valence-corrected chi connectivity index (χ4v) is 2.62. The highest BCUT2D eigenvalue weighted by Gasteiger charge is 2.34. The summed E-state index contributed by atoms with van der Waals surface area (Å²) in [5.41, 5.74) is 1.31. The summed E-state index contributed by atoms with van der Waals surface area (Å²) in [4.78, 5) is 41.5. The fourth-order valence-electron chi connectivity index (χ4n) is 2.62. The van der Waals surface area contributed by atoms with Gasteiger partial charge in [0.05, 0.1) is 13.5 Å². The number of ether oxygens (including phenoxy) is 1. The Bertz CT molecular complexity index is 809. The van der Waals surface area contributed by atoms with Crippen LogP contribution in [0.25, 0.3) is 17.2 Å². The first-order chi connectivity index (χ1) is 12.1. The number of hydrogen-bond acceptors (Lipinski definition) is 6. The zero-order valence-electron chi connectivity index (χ0n) is 13.6. The van der Waals surface area contributed by atoms with Gasteiger partial charge in [-0.15, -0.1) is 0 Å². The third-order valence-electron chi connectivity index (χ3n) is 3.88. The number of rotatable bonds is 4. The highest BCUT2D eigenvalue weighted by atomic mass is 16.5. The molecule has 3 rings (SSSR count). The van der Waals surface area contributed by atoms with Crippen LogP contribution in [-0.2, 0) is 19.1 Å². The van der Waals surface area contributed by atoms with Crippen LogP contribution in [0.3, 0.4) is 0 Å². The molecule has 1 aliphatic rings. The largest absolute Gasteiger partial charge is 0.469 e. The lowest BCUT2D eigenvalue weighted by Gasteiger charge is -2.33. The summed E-state index contributed by atoms with van der Waals surface area (Å²) in [6.45, 7) is 0.642. The Hall–Kier alpha value is -3.16. The first-order valence-electron chi connectivity index (χ1n) is 7.77. The van der Waals surface area contributed by atoms with E-state index in [4.69, 9.17) is 4.42 Å². The number of para-hydroxylation sites is 2. The molecule has 2 amide bonds. The van der Waals surface area contributed by atoms with E-state index >= 15 is 0 Å². The van der Waals surface area contributed by atoms with Crippen LogP contribution in [0.2, 0.25) is 0 Å². The van der Waals surface area contributed by atoms with E-state index in [0.717, 1.165) is 0 Å². The van der Waals surface area contributed by atoms with Crippen molar-refractivity contribution < 1.29 is 23.5 Å². The van der Waals surface area contributed by atoms with Crippen LogP contribution in [0.5, 0.6) is 0 Å². The first kappa shape index (κ1) is 16.7. The van der Waals surface area contributed by atoms with Gasteiger partial charge in [-0.25, -0.2) is 4.98 Å². The minimum absolute atomic E-state index is 0.190. The highest BCUT2D eigenvalue weighted by molar-refractivity contribution is 5.97. The van der Waals surface area contributed by atoms with Crippen LogP contribution in [-0.4, -0.2) is 53.9 Å². The normalized spacial score (nSPS) is 17.7. The van der Waals surface area contributed by atoms with Crippen molar-refractivity contribution >= 4 is 35.0 Å². The molecule has 130 valence electrons. The van der Waals surface area contributed by atoms with Gasteiger partial charge in [0.1, 0.15) is 11.6 Å². The van der Waals surface area contributed by atoms with Crippen LogP contribution in [0.1, 0.15) is 12.3 Å². The summed E-state index contributed by atoms with van der Waals surface area (Å²) in [5.74, 6) is -1.03. The van der Waals surface area contributed by atoms with Gasteiger partial charge in [-0.3, -0.25) is 14.4 Å². The molecule has 8 heteroatoms. The van der Waals surface area contributed by atoms with Crippen molar-refractivity contribution in [1.29, 1.82) is 0 Å². The summed E-state index contributed by atoms with van der Waals surface area (Å²) in [6.07, 6.45) is 2.54. The minimum atomic E-state index is -0.887. The molecular weight excluding hydrogens is 326 g/mol. The number of oxazole rings is 1. The van der Waals surface area contributed by atoms with Crippen LogP contribution in [0.4, 0.5) is 0 Å². The first-order valence-corrected chi connectivity index (χ1v) is 7.77. The summed E-state index contributed by atoms with van der Waals surface area (Å²) in [6, 6.07) is 6.37. The Kier molecular flexibility index (Phi) is 4.78. The Morgan fingerprint density at radius 3 is 3.00 bits per heavy atom. The van der Waals surface area contributed by atoms with Crippen molar-refractivity contribution in [2.75, 3.05) is 20.2 Å². The van der Waals surface area contributed by atoms with E-state index in [1.165, 1.54) is 24.2 Å². The number of fused-ring (bicyclic) bond motifs is 1. The monoisotopic (exact) mass is 343 g/mol. The molecule has 1 fully saturated rings. The van der Waals surface area contributed by atoms with Crippen LogP contribution in [0, 0.1) is 0 Å². The number of esters is 1.